The molecule has 0 aromatic heterocycles. The molecule has 3 aliphatic rings. The van der Waals surface area contributed by atoms with Crippen molar-refractivity contribution in [2.45, 2.75) is 19.3 Å². The summed E-state index contributed by atoms with van der Waals surface area (Å²) in [6, 6.07) is 0. The lowest BCUT2D eigenvalue weighted by atomic mass is 9.79. The molecule has 3 rings (SSSR count). The molecule has 0 atom stereocenters. The Hall–Kier alpha value is -0.880. The van der Waals surface area contributed by atoms with Gasteiger partial charge in [-0.25, -0.2) is 0 Å². The summed E-state index contributed by atoms with van der Waals surface area (Å²) in [5, 5.41) is 0. The average Bonchev–Trinajstić information content (AvgIpc) is 2.90. The minimum absolute atomic E-state index is 0.208. The SMILES string of the molecule is C#CC12C3CCCC1C32C#C. The van der Waals surface area contributed by atoms with Crippen molar-refractivity contribution < 1.29 is 0 Å². The van der Waals surface area contributed by atoms with Gasteiger partial charge in [0.1, 0.15) is 0 Å². The van der Waals surface area contributed by atoms with Crippen molar-refractivity contribution in [3.05, 3.63) is 0 Å². The Morgan fingerprint density at radius 3 is 1.73 bits per heavy atom. The first-order valence-corrected chi connectivity index (χ1v) is 4.30. The van der Waals surface area contributed by atoms with E-state index in [-0.39, 0.29) is 10.8 Å². The zero-order valence-corrected chi connectivity index (χ0v) is 6.43. The van der Waals surface area contributed by atoms with E-state index in [4.69, 9.17) is 12.8 Å². The third kappa shape index (κ3) is 0.287. The predicted octanol–water partition coefficient (Wildman–Crippen LogP) is 1.67. The van der Waals surface area contributed by atoms with Crippen molar-refractivity contribution in [2.75, 3.05) is 0 Å². The molecule has 0 heteroatoms. The number of hydrogen-bond acceptors (Lipinski definition) is 0. The second-order valence-electron chi connectivity index (χ2n) is 4.06. The first-order valence-electron chi connectivity index (χ1n) is 4.30. The molecule has 11 heavy (non-hydrogen) atoms. The Bertz CT molecular complexity index is 270. The Kier molecular flexibility index (Phi) is 0.640. The minimum atomic E-state index is 0.208. The molecular formula is C11H10. The van der Waals surface area contributed by atoms with Gasteiger partial charge in [0.25, 0.3) is 0 Å². The summed E-state index contributed by atoms with van der Waals surface area (Å²) in [5.41, 5.74) is 0.417. The molecule has 0 nitrogen and oxygen atoms in total. The molecule has 3 fully saturated rings. The van der Waals surface area contributed by atoms with Gasteiger partial charge in [-0.2, -0.15) is 0 Å². The second kappa shape index (κ2) is 1.23. The van der Waals surface area contributed by atoms with Crippen molar-refractivity contribution in [1.29, 1.82) is 0 Å². The Labute approximate surface area is 67.4 Å². The van der Waals surface area contributed by atoms with E-state index in [1.54, 1.807) is 0 Å². The summed E-state index contributed by atoms with van der Waals surface area (Å²) in [6.07, 6.45) is 14.9. The van der Waals surface area contributed by atoms with Crippen LogP contribution in [0.1, 0.15) is 19.3 Å². The van der Waals surface area contributed by atoms with Crippen LogP contribution in [0, 0.1) is 47.4 Å². The van der Waals surface area contributed by atoms with Crippen LogP contribution in [0.5, 0.6) is 0 Å². The second-order valence-corrected chi connectivity index (χ2v) is 4.06. The van der Waals surface area contributed by atoms with Crippen LogP contribution in [0.4, 0.5) is 0 Å². The molecule has 0 unspecified atom stereocenters. The van der Waals surface area contributed by atoms with Gasteiger partial charge in [0.2, 0.25) is 0 Å². The molecule has 0 amide bonds. The van der Waals surface area contributed by atoms with Crippen LogP contribution in [-0.2, 0) is 0 Å². The third-order valence-corrected chi connectivity index (χ3v) is 4.18. The van der Waals surface area contributed by atoms with Crippen molar-refractivity contribution in [3.63, 3.8) is 0 Å². The highest BCUT2D eigenvalue weighted by Gasteiger charge is 2.97. The van der Waals surface area contributed by atoms with Crippen LogP contribution in [-0.4, -0.2) is 0 Å². The summed E-state index contributed by atoms with van der Waals surface area (Å²) in [7, 11) is 0. The fourth-order valence-electron chi connectivity index (χ4n) is 3.67. The standard InChI is InChI=1S/C11H10/c1-3-10-8-6-5-7-9(10)11(8,10)4-2/h1-2,8-9H,5-7H2. The Morgan fingerprint density at radius 1 is 1.00 bits per heavy atom. The highest BCUT2D eigenvalue weighted by Crippen LogP contribution is 2.96. The van der Waals surface area contributed by atoms with Gasteiger partial charge >= 0.3 is 0 Å². The molecule has 0 bridgehead atoms. The van der Waals surface area contributed by atoms with Crippen LogP contribution in [0.2, 0.25) is 0 Å². The van der Waals surface area contributed by atoms with E-state index < -0.39 is 0 Å². The van der Waals surface area contributed by atoms with Gasteiger partial charge in [0.05, 0.1) is 10.8 Å². The first kappa shape index (κ1) is 5.73. The summed E-state index contributed by atoms with van der Waals surface area (Å²) >= 11 is 0. The summed E-state index contributed by atoms with van der Waals surface area (Å²) in [4.78, 5) is 0. The van der Waals surface area contributed by atoms with Gasteiger partial charge in [-0.15, -0.1) is 12.8 Å². The molecule has 0 saturated heterocycles. The van der Waals surface area contributed by atoms with E-state index in [0.717, 1.165) is 0 Å². The van der Waals surface area contributed by atoms with Crippen LogP contribution in [0.3, 0.4) is 0 Å². The number of hydrogen-bond donors (Lipinski definition) is 0. The summed E-state index contributed by atoms with van der Waals surface area (Å²) < 4.78 is 0. The lowest BCUT2D eigenvalue weighted by Crippen LogP contribution is -2.18. The van der Waals surface area contributed by atoms with Crippen molar-refractivity contribution in [3.8, 4) is 24.7 Å². The molecule has 0 aliphatic heterocycles. The molecule has 0 aromatic rings. The van der Waals surface area contributed by atoms with Crippen LogP contribution in [0.15, 0.2) is 0 Å². The van der Waals surface area contributed by atoms with Gasteiger partial charge in [-0.05, 0) is 24.7 Å². The van der Waals surface area contributed by atoms with Crippen molar-refractivity contribution in [2.24, 2.45) is 22.7 Å². The van der Waals surface area contributed by atoms with E-state index >= 15 is 0 Å². The maximum absolute atomic E-state index is 5.52. The maximum atomic E-state index is 5.52. The highest BCUT2D eigenvalue weighted by atomic mass is 15.0. The molecule has 0 heterocycles. The van der Waals surface area contributed by atoms with Gasteiger partial charge < -0.3 is 0 Å². The van der Waals surface area contributed by atoms with Crippen LogP contribution >= 0.6 is 0 Å². The molecule has 3 aliphatic carbocycles. The third-order valence-electron chi connectivity index (χ3n) is 4.18. The fourth-order valence-corrected chi connectivity index (χ4v) is 3.67. The Morgan fingerprint density at radius 2 is 1.45 bits per heavy atom. The number of rotatable bonds is 0. The summed E-state index contributed by atoms with van der Waals surface area (Å²) in [6.45, 7) is 0. The average molecular weight is 142 g/mol. The predicted molar refractivity (Wildman–Crippen MR) is 43.4 cm³/mol. The zero-order valence-electron chi connectivity index (χ0n) is 6.43. The number of terminal acetylenes is 2. The van der Waals surface area contributed by atoms with E-state index in [9.17, 15) is 0 Å². The van der Waals surface area contributed by atoms with E-state index in [1.807, 2.05) is 0 Å². The lowest BCUT2D eigenvalue weighted by Gasteiger charge is -2.23. The quantitative estimate of drug-likeness (QED) is 0.451. The van der Waals surface area contributed by atoms with Crippen LogP contribution < -0.4 is 0 Å². The maximum Gasteiger partial charge on any atom is 0.0570 e. The van der Waals surface area contributed by atoms with E-state index in [2.05, 4.69) is 11.8 Å². The monoisotopic (exact) mass is 142 g/mol. The molecule has 0 aromatic carbocycles. The van der Waals surface area contributed by atoms with Gasteiger partial charge in [0.15, 0.2) is 0 Å². The molecule has 0 N–H and O–H groups in total. The normalized spacial score (nSPS) is 62.0. The fraction of sp³-hybridized carbons (Fsp3) is 0.636. The lowest BCUT2D eigenvalue weighted by molar-refractivity contribution is 0.282. The number of fused-ring (bicyclic) bond motifs is 2. The van der Waals surface area contributed by atoms with Crippen molar-refractivity contribution >= 4 is 0 Å². The van der Waals surface area contributed by atoms with Gasteiger partial charge in [-0.1, -0.05) is 18.3 Å². The van der Waals surface area contributed by atoms with E-state index in [1.165, 1.54) is 19.3 Å². The molecule has 0 spiro atoms. The summed E-state index contributed by atoms with van der Waals surface area (Å²) in [5.74, 6) is 7.30. The molecule has 54 valence electrons. The van der Waals surface area contributed by atoms with Gasteiger partial charge in [-0.3, -0.25) is 0 Å². The van der Waals surface area contributed by atoms with Crippen LogP contribution in [0.25, 0.3) is 0 Å². The molecule has 0 radical (unpaired) electrons. The zero-order chi connectivity index (χ0) is 7.69. The largest absolute Gasteiger partial charge is 0.119 e. The topological polar surface area (TPSA) is 0 Å². The van der Waals surface area contributed by atoms with E-state index in [0.29, 0.717) is 11.8 Å². The Balaban J connectivity index is 2.08. The molecular weight excluding hydrogens is 132 g/mol. The molecule has 3 saturated carbocycles. The van der Waals surface area contributed by atoms with Gasteiger partial charge in [0, 0.05) is 0 Å². The minimum Gasteiger partial charge on any atom is -0.119 e. The van der Waals surface area contributed by atoms with Crippen molar-refractivity contribution in [1.82, 2.24) is 0 Å². The highest BCUT2D eigenvalue weighted by molar-refractivity contribution is 5.58. The first-order chi connectivity index (χ1) is 5.34. The smallest absolute Gasteiger partial charge is 0.0570 e.